The van der Waals surface area contributed by atoms with E-state index in [1.165, 1.54) is 11.8 Å². The Labute approximate surface area is 142 Å². The fraction of sp³-hybridized carbons (Fsp3) is 0.929. The van der Waals surface area contributed by atoms with Gasteiger partial charge in [-0.1, -0.05) is 47.7 Å². The van der Waals surface area contributed by atoms with Crippen LogP contribution in [-0.4, -0.2) is 30.5 Å². The van der Waals surface area contributed by atoms with E-state index in [1.807, 2.05) is 0 Å². The standard InChI is InChI=1S/C8H15N3OS.C6H14N4/c1-8(12)13-7-5-3-2-4-6-10-11-9;7-5-3-1-2-4-6-9-10-8/h2-7H2,1H3;1-7H2. The summed E-state index contributed by atoms with van der Waals surface area (Å²) in [6, 6.07) is 0. The van der Waals surface area contributed by atoms with Gasteiger partial charge in [0.05, 0.1) is 0 Å². The molecule has 0 bridgehead atoms. The molecule has 132 valence electrons. The average Bonchev–Trinajstić information content (AvgIpc) is 2.54. The smallest absolute Gasteiger partial charge is 0.185 e. The summed E-state index contributed by atoms with van der Waals surface area (Å²) in [5.41, 5.74) is 21.2. The lowest BCUT2D eigenvalue weighted by Gasteiger charge is -1.97. The second kappa shape index (κ2) is 22.9. The van der Waals surface area contributed by atoms with Crippen molar-refractivity contribution in [3.8, 4) is 0 Å². The van der Waals surface area contributed by atoms with Gasteiger partial charge >= 0.3 is 0 Å². The number of nitrogens with zero attached hydrogens (tertiary/aromatic N) is 6. The zero-order valence-electron chi connectivity index (χ0n) is 14.1. The molecule has 0 aromatic carbocycles. The van der Waals surface area contributed by atoms with Crippen LogP contribution in [0.15, 0.2) is 10.2 Å². The molecular weight excluding hydrogens is 314 g/mol. The third kappa shape index (κ3) is 29.3. The normalized spacial score (nSPS) is 9.13. The van der Waals surface area contributed by atoms with Crippen molar-refractivity contribution in [2.75, 3.05) is 25.4 Å². The summed E-state index contributed by atoms with van der Waals surface area (Å²) in [6.45, 7) is 3.57. The van der Waals surface area contributed by atoms with Gasteiger partial charge in [-0.2, -0.15) is 0 Å². The summed E-state index contributed by atoms with van der Waals surface area (Å²) in [6.07, 6.45) is 8.56. The molecule has 0 radical (unpaired) electrons. The lowest BCUT2D eigenvalue weighted by Crippen LogP contribution is -1.97. The van der Waals surface area contributed by atoms with Crippen molar-refractivity contribution in [1.82, 2.24) is 0 Å². The first-order chi connectivity index (χ1) is 11.2. The molecule has 23 heavy (non-hydrogen) atoms. The molecule has 0 aromatic rings. The molecule has 0 unspecified atom stereocenters. The predicted molar refractivity (Wildman–Crippen MR) is 97.2 cm³/mol. The largest absolute Gasteiger partial charge is 0.330 e. The van der Waals surface area contributed by atoms with Gasteiger partial charge in [0.25, 0.3) is 0 Å². The van der Waals surface area contributed by atoms with Crippen LogP contribution in [0.25, 0.3) is 20.9 Å². The molecule has 0 atom stereocenters. The summed E-state index contributed by atoms with van der Waals surface area (Å²) in [5, 5.41) is 7.05. The van der Waals surface area contributed by atoms with Crippen LogP contribution in [0.3, 0.4) is 0 Å². The fourth-order valence-electron chi connectivity index (χ4n) is 1.62. The second-order valence-electron chi connectivity index (χ2n) is 4.87. The Morgan fingerprint density at radius 1 is 0.913 bits per heavy atom. The fourth-order valence-corrected chi connectivity index (χ4v) is 2.26. The van der Waals surface area contributed by atoms with E-state index in [2.05, 4.69) is 20.1 Å². The molecule has 0 fully saturated rings. The Balaban J connectivity index is 0. The number of thioether (sulfide) groups is 1. The second-order valence-corrected chi connectivity index (χ2v) is 6.14. The van der Waals surface area contributed by atoms with E-state index in [1.54, 1.807) is 6.92 Å². The van der Waals surface area contributed by atoms with E-state index in [0.717, 1.165) is 63.7 Å². The summed E-state index contributed by atoms with van der Waals surface area (Å²) in [5.74, 6) is 0.914. The minimum absolute atomic E-state index is 0.189. The van der Waals surface area contributed by atoms with E-state index in [9.17, 15) is 4.79 Å². The number of carbonyl (C=O) groups is 1. The third-order valence-corrected chi connectivity index (χ3v) is 3.70. The summed E-state index contributed by atoms with van der Waals surface area (Å²) in [4.78, 5) is 15.8. The number of hydrogen-bond donors (Lipinski definition) is 1. The molecular formula is C14H29N7OS. The molecule has 0 amide bonds. The molecule has 0 saturated carbocycles. The topological polar surface area (TPSA) is 141 Å². The first kappa shape index (κ1) is 23.9. The van der Waals surface area contributed by atoms with Crippen LogP contribution in [0.2, 0.25) is 0 Å². The monoisotopic (exact) mass is 343 g/mol. The van der Waals surface area contributed by atoms with Crippen molar-refractivity contribution < 1.29 is 4.79 Å². The first-order valence-electron chi connectivity index (χ1n) is 8.04. The molecule has 2 N–H and O–H groups in total. The molecule has 0 aromatic heterocycles. The maximum absolute atomic E-state index is 10.5. The molecule has 0 rings (SSSR count). The van der Waals surface area contributed by atoms with Crippen LogP contribution in [-0.2, 0) is 4.79 Å². The maximum atomic E-state index is 10.5. The highest BCUT2D eigenvalue weighted by Crippen LogP contribution is 2.08. The van der Waals surface area contributed by atoms with E-state index in [4.69, 9.17) is 16.8 Å². The van der Waals surface area contributed by atoms with Crippen molar-refractivity contribution in [2.24, 2.45) is 16.0 Å². The zero-order chi connectivity index (χ0) is 17.6. The Hall–Kier alpha value is -1.40. The van der Waals surface area contributed by atoms with Gasteiger partial charge < -0.3 is 5.73 Å². The lowest BCUT2D eigenvalue weighted by atomic mass is 10.2. The van der Waals surface area contributed by atoms with Crippen LogP contribution in [0.5, 0.6) is 0 Å². The van der Waals surface area contributed by atoms with Crippen molar-refractivity contribution in [3.05, 3.63) is 20.9 Å². The summed E-state index contributed by atoms with van der Waals surface area (Å²) in [7, 11) is 0. The number of hydrogen-bond acceptors (Lipinski definition) is 5. The Bertz CT molecular complexity index is 360. The number of azide groups is 2. The molecule has 0 spiro atoms. The molecule has 0 aliphatic rings. The molecule has 8 nitrogen and oxygen atoms in total. The minimum atomic E-state index is 0.189. The van der Waals surface area contributed by atoms with E-state index in [0.29, 0.717) is 13.1 Å². The predicted octanol–water partition coefficient (Wildman–Crippen LogP) is 4.95. The Morgan fingerprint density at radius 2 is 1.39 bits per heavy atom. The van der Waals surface area contributed by atoms with E-state index >= 15 is 0 Å². The highest BCUT2D eigenvalue weighted by molar-refractivity contribution is 8.13. The van der Waals surface area contributed by atoms with Gasteiger partial charge in [-0.25, -0.2) is 0 Å². The van der Waals surface area contributed by atoms with Crippen LogP contribution in [0.4, 0.5) is 0 Å². The summed E-state index contributed by atoms with van der Waals surface area (Å²) < 4.78 is 0. The Morgan fingerprint density at radius 3 is 1.83 bits per heavy atom. The van der Waals surface area contributed by atoms with Gasteiger partial charge in [-0.3, -0.25) is 4.79 Å². The van der Waals surface area contributed by atoms with Crippen molar-refractivity contribution >= 4 is 16.9 Å². The van der Waals surface area contributed by atoms with E-state index < -0.39 is 0 Å². The van der Waals surface area contributed by atoms with Gasteiger partial charge in [-0.05, 0) is 43.3 Å². The van der Waals surface area contributed by atoms with Crippen LogP contribution < -0.4 is 5.73 Å². The lowest BCUT2D eigenvalue weighted by molar-refractivity contribution is -0.109. The van der Waals surface area contributed by atoms with Gasteiger partial charge in [0.15, 0.2) is 5.12 Å². The van der Waals surface area contributed by atoms with Crippen LogP contribution in [0.1, 0.15) is 58.3 Å². The van der Waals surface area contributed by atoms with Crippen molar-refractivity contribution in [2.45, 2.75) is 58.3 Å². The molecule has 9 heteroatoms. The Kier molecular flexibility index (Phi) is 23.7. The number of unbranched alkanes of at least 4 members (excludes halogenated alkanes) is 6. The number of nitrogens with two attached hydrogens (primary N) is 1. The third-order valence-electron chi connectivity index (χ3n) is 2.80. The zero-order valence-corrected chi connectivity index (χ0v) is 14.9. The SMILES string of the molecule is CC(=O)SCCCCCCN=[N+]=[N-].[N-]=[N+]=NCCCCCCN. The molecule has 0 saturated heterocycles. The van der Waals surface area contributed by atoms with Crippen LogP contribution >= 0.6 is 11.8 Å². The van der Waals surface area contributed by atoms with Crippen molar-refractivity contribution in [3.63, 3.8) is 0 Å². The average molecular weight is 344 g/mol. The van der Waals surface area contributed by atoms with Gasteiger partial charge in [0.2, 0.25) is 0 Å². The van der Waals surface area contributed by atoms with Crippen LogP contribution in [0, 0.1) is 0 Å². The molecule has 0 aliphatic heterocycles. The maximum Gasteiger partial charge on any atom is 0.185 e. The number of carbonyl (C=O) groups excluding carboxylic acids is 1. The number of rotatable bonds is 13. The van der Waals surface area contributed by atoms with Crippen molar-refractivity contribution in [1.29, 1.82) is 0 Å². The highest BCUT2D eigenvalue weighted by atomic mass is 32.2. The summed E-state index contributed by atoms with van der Waals surface area (Å²) >= 11 is 1.38. The first-order valence-corrected chi connectivity index (χ1v) is 9.02. The minimum Gasteiger partial charge on any atom is -0.330 e. The van der Waals surface area contributed by atoms with Gasteiger partial charge in [-0.15, -0.1) is 0 Å². The van der Waals surface area contributed by atoms with Gasteiger partial charge in [0, 0.05) is 35.6 Å². The van der Waals surface area contributed by atoms with E-state index in [-0.39, 0.29) is 5.12 Å². The quantitative estimate of drug-likeness (QED) is 0.219. The molecule has 0 heterocycles. The van der Waals surface area contributed by atoms with Gasteiger partial charge in [0.1, 0.15) is 0 Å². The highest BCUT2D eigenvalue weighted by Gasteiger charge is 1.93. The molecule has 0 aliphatic carbocycles.